The Hall–Kier alpha value is -2.40. The van der Waals surface area contributed by atoms with Crippen molar-refractivity contribution < 1.29 is 9.53 Å². The molecule has 1 N–H and O–H groups in total. The number of pyridine rings is 1. The molecule has 0 unspecified atom stereocenters. The van der Waals surface area contributed by atoms with Crippen LogP contribution in [-0.2, 0) is 11.3 Å². The lowest BCUT2D eigenvalue weighted by atomic mass is 9.87. The molecule has 1 aliphatic heterocycles. The van der Waals surface area contributed by atoms with Gasteiger partial charge < -0.3 is 10.1 Å². The number of amides is 1. The Morgan fingerprint density at radius 3 is 2.75 bits per heavy atom. The molecule has 0 bridgehead atoms. The number of rotatable bonds is 8. The summed E-state index contributed by atoms with van der Waals surface area (Å²) in [4.78, 5) is 20.1. The summed E-state index contributed by atoms with van der Waals surface area (Å²) in [5.41, 5.74) is 3.38. The Kier molecular flexibility index (Phi) is 7.80. The lowest BCUT2D eigenvalue weighted by Gasteiger charge is -2.37. The number of benzene rings is 1. The van der Waals surface area contributed by atoms with Gasteiger partial charge in [-0.05, 0) is 68.7 Å². The highest BCUT2D eigenvalue weighted by molar-refractivity contribution is 5.76. The van der Waals surface area contributed by atoms with Crippen LogP contribution in [0.3, 0.4) is 0 Å². The summed E-state index contributed by atoms with van der Waals surface area (Å²) >= 11 is 0. The standard InChI is InChI=1S/C27H37N3O2/c1-20-9-7-12-23(27(20)32-2)19-30-16-8-13-22(18-30)26(24-14-5-6-15-28-24)29-25(31)17-21-10-3-4-11-21/h5-7,9,12,14-15,21-22,26H,3-4,8,10-11,13,16-19H2,1-2H3,(H,29,31)/t22-,26-/m1/s1. The first-order valence-electron chi connectivity index (χ1n) is 12.2. The smallest absolute Gasteiger partial charge is 0.220 e. The average molecular weight is 436 g/mol. The van der Waals surface area contributed by atoms with Gasteiger partial charge in [0.05, 0.1) is 18.8 Å². The molecule has 1 aromatic heterocycles. The van der Waals surface area contributed by atoms with E-state index in [0.29, 0.717) is 18.3 Å². The number of aromatic nitrogens is 1. The number of para-hydroxylation sites is 1. The van der Waals surface area contributed by atoms with Gasteiger partial charge in [0.15, 0.2) is 0 Å². The third-order valence-electron chi connectivity index (χ3n) is 7.18. The van der Waals surface area contributed by atoms with E-state index in [9.17, 15) is 4.79 Å². The van der Waals surface area contributed by atoms with Crippen molar-refractivity contribution in [2.24, 2.45) is 11.8 Å². The van der Waals surface area contributed by atoms with Gasteiger partial charge in [0.1, 0.15) is 5.75 Å². The minimum Gasteiger partial charge on any atom is -0.496 e. The Bertz CT molecular complexity index is 880. The second kappa shape index (κ2) is 11.0. The molecule has 0 radical (unpaired) electrons. The van der Waals surface area contributed by atoms with Crippen LogP contribution in [0.1, 0.15) is 67.8 Å². The molecule has 5 heteroatoms. The molecular weight excluding hydrogens is 398 g/mol. The predicted molar refractivity (Wildman–Crippen MR) is 127 cm³/mol. The summed E-state index contributed by atoms with van der Waals surface area (Å²) in [7, 11) is 1.75. The van der Waals surface area contributed by atoms with Gasteiger partial charge in [-0.1, -0.05) is 37.1 Å². The normalized spacial score (nSPS) is 20.8. The molecular formula is C27H37N3O2. The number of carbonyl (C=O) groups excluding carboxylic acids is 1. The highest BCUT2D eigenvalue weighted by Crippen LogP contribution is 2.33. The van der Waals surface area contributed by atoms with Crippen LogP contribution in [0.5, 0.6) is 5.75 Å². The molecule has 2 aromatic rings. The van der Waals surface area contributed by atoms with Crippen molar-refractivity contribution in [3.63, 3.8) is 0 Å². The van der Waals surface area contributed by atoms with Gasteiger partial charge in [-0.25, -0.2) is 0 Å². The molecule has 0 spiro atoms. The van der Waals surface area contributed by atoms with Gasteiger partial charge in [0, 0.05) is 31.3 Å². The number of piperidine rings is 1. The Balaban J connectivity index is 1.47. The number of nitrogens with one attached hydrogen (secondary N) is 1. The van der Waals surface area contributed by atoms with E-state index in [1.807, 2.05) is 18.3 Å². The first-order chi connectivity index (χ1) is 15.6. The van der Waals surface area contributed by atoms with Crippen molar-refractivity contribution in [1.29, 1.82) is 0 Å². The fourth-order valence-electron chi connectivity index (χ4n) is 5.58. The molecule has 5 nitrogen and oxygen atoms in total. The second-order valence-corrected chi connectivity index (χ2v) is 9.56. The maximum Gasteiger partial charge on any atom is 0.220 e. The summed E-state index contributed by atoms with van der Waals surface area (Å²) in [6.45, 7) is 4.98. The molecule has 1 aliphatic carbocycles. The molecule has 1 amide bonds. The van der Waals surface area contributed by atoms with Crippen molar-refractivity contribution in [3.05, 3.63) is 59.4 Å². The zero-order valence-corrected chi connectivity index (χ0v) is 19.6. The monoisotopic (exact) mass is 435 g/mol. The number of hydrogen-bond donors (Lipinski definition) is 1. The van der Waals surface area contributed by atoms with Crippen LogP contribution in [0.25, 0.3) is 0 Å². The van der Waals surface area contributed by atoms with Crippen molar-refractivity contribution in [3.8, 4) is 5.75 Å². The largest absolute Gasteiger partial charge is 0.496 e. The lowest BCUT2D eigenvalue weighted by Crippen LogP contribution is -2.43. The van der Waals surface area contributed by atoms with E-state index in [2.05, 4.69) is 46.4 Å². The number of nitrogens with zero attached hydrogens (tertiary/aromatic N) is 2. The number of likely N-dealkylation sites (tertiary alicyclic amines) is 1. The lowest BCUT2D eigenvalue weighted by molar-refractivity contribution is -0.123. The van der Waals surface area contributed by atoms with Gasteiger partial charge in [-0.3, -0.25) is 14.7 Å². The van der Waals surface area contributed by atoms with Crippen LogP contribution in [0.4, 0.5) is 0 Å². The molecule has 1 saturated carbocycles. The molecule has 2 aliphatic rings. The molecule has 1 aromatic carbocycles. The zero-order valence-electron chi connectivity index (χ0n) is 19.6. The third-order valence-corrected chi connectivity index (χ3v) is 7.18. The van der Waals surface area contributed by atoms with Gasteiger partial charge in [0.25, 0.3) is 0 Å². The van der Waals surface area contributed by atoms with Crippen LogP contribution in [0, 0.1) is 18.8 Å². The summed E-state index contributed by atoms with van der Waals surface area (Å²) in [6, 6.07) is 12.4. The summed E-state index contributed by atoms with van der Waals surface area (Å²) in [5.74, 6) is 2.07. The Morgan fingerprint density at radius 2 is 2.00 bits per heavy atom. The SMILES string of the molecule is COc1c(C)cccc1CN1CCC[C@@H]([C@@H](NC(=O)CC2CCCC2)c2ccccn2)C1. The average Bonchev–Trinajstić information content (AvgIpc) is 3.31. The van der Waals surface area contributed by atoms with Crippen LogP contribution in [-0.4, -0.2) is 36.0 Å². The molecule has 2 fully saturated rings. The molecule has 1 saturated heterocycles. The molecule has 32 heavy (non-hydrogen) atoms. The minimum absolute atomic E-state index is 0.0349. The van der Waals surface area contributed by atoms with E-state index in [1.54, 1.807) is 7.11 Å². The number of carbonyl (C=O) groups is 1. The van der Waals surface area contributed by atoms with Gasteiger partial charge >= 0.3 is 0 Å². The number of methoxy groups -OCH3 is 1. The van der Waals surface area contributed by atoms with Gasteiger partial charge in [0.2, 0.25) is 5.91 Å². The van der Waals surface area contributed by atoms with E-state index in [-0.39, 0.29) is 11.9 Å². The highest BCUT2D eigenvalue weighted by Gasteiger charge is 2.31. The van der Waals surface area contributed by atoms with E-state index in [4.69, 9.17) is 4.74 Å². The summed E-state index contributed by atoms with van der Waals surface area (Å²) in [6.07, 6.45) is 9.63. The van der Waals surface area contributed by atoms with Gasteiger partial charge in [-0.2, -0.15) is 0 Å². The maximum atomic E-state index is 12.9. The maximum absolute atomic E-state index is 12.9. The topological polar surface area (TPSA) is 54.5 Å². The van der Waals surface area contributed by atoms with E-state index >= 15 is 0 Å². The minimum atomic E-state index is -0.0349. The van der Waals surface area contributed by atoms with Crippen molar-refractivity contribution in [2.75, 3.05) is 20.2 Å². The highest BCUT2D eigenvalue weighted by atomic mass is 16.5. The number of hydrogen-bond acceptors (Lipinski definition) is 4. The first-order valence-corrected chi connectivity index (χ1v) is 12.2. The van der Waals surface area contributed by atoms with Crippen LogP contribution in [0.15, 0.2) is 42.6 Å². The summed E-state index contributed by atoms with van der Waals surface area (Å²) in [5, 5.41) is 3.39. The van der Waals surface area contributed by atoms with E-state index in [1.165, 1.54) is 36.8 Å². The fraction of sp³-hybridized carbons (Fsp3) is 0.556. The van der Waals surface area contributed by atoms with Crippen molar-refractivity contribution in [1.82, 2.24) is 15.2 Å². The number of aryl methyl sites for hydroxylation is 1. The second-order valence-electron chi connectivity index (χ2n) is 9.56. The van der Waals surface area contributed by atoms with Gasteiger partial charge in [-0.15, -0.1) is 0 Å². The fourth-order valence-corrected chi connectivity index (χ4v) is 5.58. The molecule has 2 heterocycles. The Labute approximate surface area is 192 Å². The third kappa shape index (κ3) is 5.69. The quantitative estimate of drug-likeness (QED) is 0.631. The first kappa shape index (κ1) is 22.8. The molecule has 4 rings (SSSR count). The molecule has 2 atom stereocenters. The van der Waals surface area contributed by atoms with Crippen molar-refractivity contribution in [2.45, 2.75) is 64.5 Å². The predicted octanol–water partition coefficient (Wildman–Crippen LogP) is 5.05. The zero-order chi connectivity index (χ0) is 22.3. The summed E-state index contributed by atoms with van der Waals surface area (Å²) < 4.78 is 5.68. The molecule has 172 valence electrons. The van der Waals surface area contributed by atoms with E-state index in [0.717, 1.165) is 43.9 Å². The van der Waals surface area contributed by atoms with E-state index < -0.39 is 0 Å². The van der Waals surface area contributed by atoms with Crippen molar-refractivity contribution >= 4 is 5.91 Å². The number of ether oxygens (including phenoxy) is 1. The Morgan fingerprint density at radius 1 is 1.16 bits per heavy atom. The van der Waals surface area contributed by atoms with Crippen LogP contribution < -0.4 is 10.1 Å². The van der Waals surface area contributed by atoms with Crippen LogP contribution in [0.2, 0.25) is 0 Å². The van der Waals surface area contributed by atoms with Crippen LogP contribution >= 0.6 is 0 Å².